The van der Waals surface area contributed by atoms with Crippen LogP contribution in [0.1, 0.15) is 57.1 Å². The zero-order valence-corrected chi connectivity index (χ0v) is 18.2. The zero-order valence-electron chi connectivity index (χ0n) is 17.4. The second kappa shape index (κ2) is 9.41. The van der Waals surface area contributed by atoms with Crippen LogP contribution < -0.4 is 5.32 Å². The maximum Gasteiger partial charge on any atom is 0.324 e. The molecular formula is C21H28ClN3O4. The van der Waals surface area contributed by atoms with E-state index < -0.39 is 29.5 Å². The van der Waals surface area contributed by atoms with Crippen molar-refractivity contribution in [1.82, 2.24) is 15.4 Å². The van der Waals surface area contributed by atoms with Crippen LogP contribution in [0.3, 0.4) is 0 Å². The number of aliphatic hydroxyl groups excluding tert-OH is 1. The molecule has 0 spiro atoms. The number of urea groups is 1. The molecule has 0 saturated carbocycles. The molecule has 1 aromatic heterocycles. The summed E-state index contributed by atoms with van der Waals surface area (Å²) >= 11 is 5.95. The topological polar surface area (TPSA) is 95.7 Å². The molecule has 7 nitrogen and oxygen atoms in total. The first-order valence-electron chi connectivity index (χ1n) is 9.56. The van der Waals surface area contributed by atoms with Crippen molar-refractivity contribution in [1.29, 1.82) is 0 Å². The van der Waals surface area contributed by atoms with E-state index in [-0.39, 0.29) is 6.54 Å². The monoisotopic (exact) mass is 421 g/mol. The van der Waals surface area contributed by atoms with Crippen molar-refractivity contribution in [2.75, 3.05) is 6.54 Å². The molecule has 2 N–H and O–H groups in total. The summed E-state index contributed by atoms with van der Waals surface area (Å²) in [5.74, 6) is -0.823. The maximum absolute atomic E-state index is 13.1. The summed E-state index contributed by atoms with van der Waals surface area (Å²) in [5, 5.41) is 17.4. The Balaban J connectivity index is 2.24. The number of hydrogen-bond acceptors (Lipinski definition) is 5. The van der Waals surface area contributed by atoms with Crippen LogP contribution in [0.25, 0.3) is 0 Å². The van der Waals surface area contributed by atoms with Crippen LogP contribution in [0.5, 0.6) is 0 Å². The van der Waals surface area contributed by atoms with E-state index in [0.717, 1.165) is 10.5 Å². The average Bonchev–Trinajstić information content (AvgIpc) is 3.10. The maximum atomic E-state index is 13.1. The Bertz CT molecular complexity index is 848. The van der Waals surface area contributed by atoms with Gasteiger partial charge in [-0.05, 0) is 51.8 Å². The third-order valence-corrected chi connectivity index (χ3v) is 5.06. The van der Waals surface area contributed by atoms with Crippen LogP contribution in [0.15, 0.2) is 34.9 Å². The molecule has 0 radical (unpaired) electrons. The van der Waals surface area contributed by atoms with E-state index in [9.17, 15) is 14.7 Å². The van der Waals surface area contributed by atoms with Gasteiger partial charge in [0.15, 0.2) is 0 Å². The van der Waals surface area contributed by atoms with Gasteiger partial charge in [-0.15, -0.1) is 0 Å². The summed E-state index contributed by atoms with van der Waals surface area (Å²) in [5.41, 5.74) is 0.717. The first-order valence-corrected chi connectivity index (χ1v) is 9.93. The van der Waals surface area contributed by atoms with Gasteiger partial charge < -0.3 is 14.9 Å². The number of amides is 3. The van der Waals surface area contributed by atoms with Gasteiger partial charge in [-0.3, -0.25) is 9.69 Å². The highest BCUT2D eigenvalue weighted by molar-refractivity contribution is 6.30. The number of nitrogens with one attached hydrogen (secondary N) is 1. The third-order valence-electron chi connectivity index (χ3n) is 4.80. The summed E-state index contributed by atoms with van der Waals surface area (Å²) in [6, 6.07) is 8.18. The molecule has 0 saturated heterocycles. The number of aromatic nitrogens is 1. The van der Waals surface area contributed by atoms with Gasteiger partial charge in [-0.25, -0.2) is 4.79 Å². The molecule has 0 aliphatic heterocycles. The van der Waals surface area contributed by atoms with E-state index in [2.05, 4.69) is 10.5 Å². The van der Waals surface area contributed by atoms with Gasteiger partial charge in [0, 0.05) is 11.1 Å². The predicted molar refractivity (Wildman–Crippen MR) is 111 cm³/mol. The largest absolute Gasteiger partial charge is 0.391 e. The Morgan fingerprint density at radius 1 is 1.31 bits per heavy atom. The van der Waals surface area contributed by atoms with Crippen LogP contribution in [-0.4, -0.2) is 39.8 Å². The molecule has 1 aromatic carbocycles. The molecular weight excluding hydrogens is 394 g/mol. The molecule has 3 amide bonds. The summed E-state index contributed by atoms with van der Waals surface area (Å²) < 4.78 is 5.19. The number of benzene rings is 1. The fourth-order valence-corrected chi connectivity index (χ4v) is 2.96. The number of rotatable bonds is 7. The first kappa shape index (κ1) is 22.9. The van der Waals surface area contributed by atoms with Crippen molar-refractivity contribution in [3.63, 3.8) is 0 Å². The molecule has 0 bridgehead atoms. The van der Waals surface area contributed by atoms with Crippen LogP contribution in [0.4, 0.5) is 4.79 Å². The van der Waals surface area contributed by atoms with E-state index in [1.165, 1.54) is 0 Å². The minimum Gasteiger partial charge on any atom is -0.391 e. The molecule has 2 aromatic rings. The van der Waals surface area contributed by atoms with Crippen LogP contribution in [0, 0.1) is 6.92 Å². The SMILES string of the molecule is CC[C@@H](O)CN(C(=O)NC(C)(C)c1ccc(Cl)cc1)C(=O)[C@H](C)c1cc(C)no1. The van der Waals surface area contributed by atoms with Crippen molar-refractivity contribution < 1.29 is 19.2 Å². The molecule has 2 rings (SSSR count). The lowest BCUT2D eigenvalue weighted by Gasteiger charge is -2.32. The van der Waals surface area contributed by atoms with E-state index in [4.69, 9.17) is 16.1 Å². The molecule has 0 unspecified atom stereocenters. The summed E-state index contributed by atoms with van der Waals surface area (Å²) in [4.78, 5) is 27.1. The van der Waals surface area contributed by atoms with Crippen LogP contribution in [0.2, 0.25) is 5.02 Å². The predicted octanol–water partition coefficient (Wildman–Crippen LogP) is 3.98. The zero-order chi connectivity index (χ0) is 21.8. The molecule has 1 heterocycles. The lowest BCUT2D eigenvalue weighted by atomic mass is 9.94. The smallest absolute Gasteiger partial charge is 0.324 e. The number of carbonyl (C=O) groups excluding carboxylic acids is 2. The molecule has 8 heteroatoms. The molecule has 29 heavy (non-hydrogen) atoms. The molecule has 0 fully saturated rings. The number of aryl methyl sites for hydroxylation is 1. The molecule has 2 atom stereocenters. The number of carbonyl (C=O) groups is 2. The number of imide groups is 1. The van der Waals surface area contributed by atoms with Gasteiger partial charge >= 0.3 is 6.03 Å². The van der Waals surface area contributed by atoms with Crippen LogP contribution >= 0.6 is 11.6 Å². The quantitative estimate of drug-likeness (QED) is 0.704. The van der Waals surface area contributed by atoms with E-state index >= 15 is 0 Å². The molecule has 158 valence electrons. The highest BCUT2D eigenvalue weighted by Crippen LogP contribution is 2.24. The second-order valence-corrected chi connectivity index (χ2v) is 8.10. The normalized spacial score (nSPS) is 13.6. The molecule has 0 aliphatic rings. The summed E-state index contributed by atoms with van der Waals surface area (Å²) in [6.07, 6.45) is -0.417. The summed E-state index contributed by atoms with van der Waals surface area (Å²) in [6.45, 7) is 8.73. The van der Waals surface area contributed by atoms with Gasteiger partial charge in [0.2, 0.25) is 5.91 Å². The van der Waals surface area contributed by atoms with Gasteiger partial charge in [0.05, 0.1) is 29.8 Å². The summed E-state index contributed by atoms with van der Waals surface area (Å²) in [7, 11) is 0. The second-order valence-electron chi connectivity index (χ2n) is 7.67. The van der Waals surface area contributed by atoms with Crippen LogP contribution in [-0.2, 0) is 10.3 Å². The Morgan fingerprint density at radius 3 is 2.45 bits per heavy atom. The number of halogens is 1. The number of nitrogens with zero attached hydrogens (tertiary/aromatic N) is 2. The van der Waals surface area contributed by atoms with Crippen molar-refractivity contribution >= 4 is 23.5 Å². The van der Waals surface area contributed by atoms with Crippen molar-refractivity contribution in [2.45, 2.75) is 58.6 Å². The number of hydrogen-bond donors (Lipinski definition) is 2. The van der Waals surface area contributed by atoms with Crippen molar-refractivity contribution in [3.8, 4) is 0 Å². The average molecular weight is 422 g/mol. The fraction of sp³-hybridized carbons (Fsp3) is 0.476. The standard InChI is InChI=1S/C21H28ClN3O4/c1-6-17(26)12-25(19(27)14(3)18-11-13(2)24-29-18)20(28)23-21(4,5)15-7-9-16(22)10-8-15/h7-11,14,17,26H,6,12H2,1-5H3,(H,23,28)/t14-,17-/m1/s1. The van der Waals surface area contributed by atoms with E-state index in [1.807, 2.05) is 26.0 Å². The highest BCUT2D eigenvalue weighted by atomic mass is 35.5. The van der Waals surface area contributed by atoms with Gasteiger partial charge in [-0.2, -0.15) is 0 Å². The lowest BCUT2D eigenvalue weighted by Crippen LogP contribution is -2.53. The highest BCUT2D eigenvalue weighted by Gasteiger charge is 2.33. The van der Waals surface area contributed by atoms with Gasteiger partial charge in [0.1, 0.15) is 5.76 Å². The first-order chi connectivity index (χ1) is 13.5. The third kappa shape index (κ3) is 5.81. The van der Waals surface area contributed by atoms with Crippen molar-refractivity contribution in [2.24, 2.45) is 0 Å². The Hall–Kier alpha value is -2.38. The Labute approximate surface area is 176 Å². The minimum absolute atomic E-state index is 0.116. The van der Waals surface area contributed by atoms with Gasteiger partial charge in [0.25, 0.3) is 0 Å². The lowest BCUT2D eigenvalue weighted by molar-refractivity contribution is -0.131. The number of aliphatic hydroxyl groups is 1. The minimum atomic E-state index is -0.827. The van der Waals surface area contributed by atoms with Gasteiger partial charge in [-0.1, -0.05) is 35.8 Å². The Morgan fingerprint density at radius 2 is 1.93 bits per heavy atom. The van der Waals surface area contributed by atoms with Crippen molar-refractivity contribution in [3.05, 3.63) is 52.4 Å². The van der Waals surface area contributed by atoms with E-state index in [0.29, 0.717) is 22.9 Å². The fourth-order valence-electron chi connectivity index (χ4n) is 2.83. The molecule has 0 aliphatic carbocycles. The Kier molecular flexibility index (Phi) is 7.43. The van der Waals surface area contributed by atoms with E-state index in [1.54, 1.807) is 39.0 Å².